The van der Waals surface area contributed by atoms with Crippen molar-refractivity contribution in [1.29, 1.82) is 0 Å². The molecule has 0 aliphatic rings. The number of rotatable bonds is 7. The Morgan fingerprint density at radius 3 is 2.62 bits per heavy atom. The summed E-state index contributed by atoms with van der Waals surface area (Å²) in [6.45, 7) is 3.64. The van der Waals surface area contributed by atoms with Crippen LogP contribution in [-0.2, 0) is 4.79 Å². The average Bonchev–Trinajstić information content (AvgIpc) is 2.43. The van der Waals surface area contributed by atoms with Gasteiger partial charge in [0, 0.05) is 17.7 Å². The van der Waals surface area contributed by atoms with E-state index in [1.54, 1.807) is 24.3 Å². The second-order valence-corrected chi connectivity index (χ2v) is 5.36. The highest BCUT2D eigenvalue weighted by Gasteiger charge is 2.06. The fourth-order valence-electron chi connectivity index (χ4n) is 1.88. The average molecular weight is 306 g/mol. The summed E-state index contributed by atoms with van der Waals surface area (Å²) in [5, 5.41) is 5.83. The molecule has 0 unspecified atom stereocenters. The predicted molar refractivity (Wildman–Crippen MR) is 89.6 cm³/mol. The highest BCUT2D eigenvalue weighted by atomic mass is 32.1. The van der Waals surface area contributed by atoms with Crippen molar-refractivity contribution in [3.05, 3.63) is 29.8 Å². The van der Waals surface area contributed by atoms with Crippen molar-refractivity contribution in [1.82, 2.24) is 5.32 Å². The van der Waals surface area contributed by atoms with Crippen molar-refractivity contribution < 1.29 is 9.59 Å². The minimum atomic E-state index is -0.0775. The Kier molecular flexibility index (Phi) is 7.61. The smallest absolute Gasteiger partial charge is 0.226 e. The number of thiocarbonyl (C=S) groups is 1. The predicted octanol–water partition coefficient (Wildman–Crippen LogP) is 3.67. The first-order chi connectivity index (χ1) is 10.0. The first-order valence-electron chi connectivity index (χ1n) is 7.24. The van der Waals surface area contributed by atoms with E-state index in [2.05, 4.69) is 17.6 Å². The van der Waals surface area contributed by atoms with Crippen molar-refractivity contribution in [2.45, 2.75) is 46.0 Å². The minimum absolute atomic E-state index is 0.00970. The van der Waals surface area contributed by atoms with Crippen LogP contribution in [-0.4, -0.2) is 16.8 Å². The lowest BCUT2D eigenvalue weighted by Gasteiger charge is -2.10. The molecule has 0 heterocycles. The SMILES string of the molecule is CCCCCCC(=O)NC(=S)Nc1cccc(C(C)=O)c1. The maximum atomic E-state index is 11.7. The number of anilines is 1. The Morgan fingerprint density at radius 2 is 1.95 bits per heavy atom. The molecule has 0 aromatic heterocycles. The van der Waals surface area contributed by atoms with Gasteiger partial charge in [0.1, 0.15) is 0 Å². The third kappa shape index (κ3) is 6.99. The molecule has 0 saturated heterocycles. The molecule has 1 rings (SSSR count). The lowest BCUT2D eigenvalue weighted by molar-refractivity contribution is -0.119. The quantitative estimate of drug-likeness (QED) is 0.458. The molecule has 2 N–H and O–H groups in total. The van der Waals surface area contributed by atoms with Gasteiger partial charge in [-0.3, -0.25) is 9.59 Å². The molecule has 0 fully saturated rings. The number of carbonyl (C=O) groups is 2. The van der Waals surface area contributed by atoms with E-state index in [1.165, 1.54) is 6.92 Å². The van der Waals surface area contributed by atoms with Gasteiger partial charge in [-0.2, -0.15) is 0 Å². The summed E-state index contributed by atoms with van der Waals surface area (Å²) in [4.78, 5) is 23.0. The highest BCUT2D eigenvalue weighted by molar-refractivity contribution is 7.80. The molecule has 0 bridgehead atoms. The maximum absolute atomic E-state index is 11.7. The Morgan fingerprint density at radius 1 is 1.19 bits per heavy atom. The molecule has 4 nitrogen and oxygen atoms in total. The zero-order chi connectivity index (χ0) is 15.7. The molecular formula is C16H22N2O2S. The zero-order valence-corrected chi connectivity index (χ0v) is 13.4. The summed E-state index contributed by atoms with van der Waals surface area (Å²) >= 11 is 5.09. The van der Waals surface area contributed by atoms with Crippen LogP contribution in [0.25, 0.3) is 0 Å². The molecule has 114 valence electrons. The Hall–Kier alpha value is -1.75. The number of carbonyl (C=O) groups excluding carboxylic acids is 2. The van der Waals surface area contributed by atoms with Crippen LogP contribution in [0.3, 0.4) is 0 Å². The molecule has 5 heteroatoms. The number of amides is 1. The van der Waals surface area contributed by atoms with Crippen LogP contribution in [0.15, 0.2) is 24.3 Å². The molecule has 1 aromatic carbocycles. The topological polar surface area (TPSA) is 58.2 Å². The summed E-state index contributed by atoms with van der Waals surface area (Å²) in [7, 11) is 0. The second kappa shape index (κ2) is 9.23. The summed E-state index contributed by atoms with van der Waals surface area (Å²) < 4.78 is 0. The van der Waals surface area contributed by atoms with Gasteiger partial charge in [0.05, 0.1) is 0 Å². The second-order valence-electron chi connectivity index (χ2n) is 4.95. The van der Waals surface area contributed by atoms with Crippen molar-refractivity contribution >= 4 is 34.7 Å². The number of nitrogens with one attached hydrogen (secondary N) is 2. The van der Waals surface area contributed by atoms with Crippen molar-refractivity contribution in [3.63, 3.8) is 0 Å². The number of benzene rings is 1. The number of unbranched alkanes of at least 4 members (excludes halogenated alkanes) is 3. The van der Waals surface area contributed by atoms with Crippen LogP contribution in [0.1, 0.15) is 56.3 Å². The largest absolute Gasteiger partial charge is 0.332 e. The lowest BCUT2D eigenvalue weighted by Crippen LogP contribution is -2.33. The fraction of sp³-hybridized carbons (Fsp3) is 0.438. The summed E-state index contributed by atoms with van der Waals surface area (Å²) in [6, 6.07) is 7.02. The van der Waals surface area contributed by atoms with Crippen LogP contribution in [0.5, 0.6) is 0 Å². The van der Waals surface area contributed by atoms with E-state index < -0.39 is 0 Å². The van der Waals surface area contributed by atoms with Gasteiger partial charge in [-0.25, -0.2) is 0 Å². The molecule has 0 aliphatic carbocycles. The molecule has 0 aliphatic heterocycles. The molecule has 0 saturated carbocycles. The van der Waals surface area contributed by atoms with Crippen LogP contribution in [0.2, 0.25) is 0 Å². The summed E-state index contributed by atoms with van der Waals surface area (Å²) in [5.74, 6) is -0.0872. The van der Waals surface area contributed by atoms with Gasteiger partial charge in [-0.05, 0) is 37.7 Å². The van der Waals surface area contributed by atoms with E-state index in [0.717, 1.165) is 25.7 Å². The van der Waals surface area contributed by atoms with Crippen molar-refractivity contribution in [2.75, 3.05) is 5.32 Å². The molecule has 1 aromatic rings. The van der Waals surface area contributed by atoms with E-state index in [0.29, 0.717) is 17.7 Å². The Labute approximate surface area is 131 Å². The number of hydrogen-bond donors (Lipinski definition) is 2. The Bertz CT molecular complexity index is 515. The number of hydrogen-bond acceptors (Lipinski definition) is 3. The molecule has 1 amide bonds. The monoisotopic (exact) mass is 306 g/mol. The van der Waals surface area contributed by atoms with Crippen LogP contribution in [0.4, 0.5) is 5.69 Å². The van der Waals surface area contributed by atoms with E-state index in [9.17, 15) is 9.59 Å². The number of Topliss-reactive ketones (excluding diaryl/α,β-unsaturated/α-hetero) is 1. The molecule has 21 heavy (non-hydrogen) atoms. The Balaban J connectivity index is 2.41. The van der Waals surface area contributed by atoms with E-state index >= 15 is 0 Å². The van der Waals surface area contributed by atoms with Crippen molar-refractivity contribution in [2.24, 2.45) is 0 Å². The van der Waals surface area contributed by atoms with Gasteiger partial charge in [-0.15, -0.1) is 0 Å². The van der Waals surface area contributed by atoms with Gasteiger partial charge >= 0.3 is 0 Å². The van der Waals surface area contributed by atoms with Gasteiger partial charge in [0.15, 0.2) is 10.9 Å². The standard InChI is InChI=1S/C16H22N2O2S/c1-3-4-5-6-10-15(20)18-16(21)17-14-9-7-8-13(11-14)12(2)19/h7-9,11H,3-6,10H2,1-2H3,(H2,17,18,20,21). The first kappa shape index (κ1) is 17.3. The normalized spacial score (nSPS) is 10.0. The third-order valence-corrected chi connectivity index (χ3v) is 3.24. The van der Waals surface area contributed by atoms with Gasteiger partial charge in [0.25, 0.3) is 0 Å². The van der Waals surface area contributed by atoms with Crippen molar-refractivity contribution in [3.8, 4) is 0 Å². The lowest BCUT2D eigenvalue weighted by atomic mass is 10.1. The van der Waals surface area contributed by atoms with Gasteiger partial charge in [-0.1, -0.05) is 38.3 Å². The van der Waals surface area contributed by atoms with E-state index in [4.69, 9.17) is 12.2 Å². The fourth-order valence-corrected chi connectivity index (χ4v) is 2.11. The summed E-state index contributed by atoms with van der Waals surface area (Å²) in [6.07, 6.45) is 4.71. The van der Waals surface area contributed by atoms with E-state index in [-0.39, 0.29) is 16.8 Å². The first-order valence-corrected chi connectivity index (χ1v) is 7.65. The van der Waals surface area contributed by atoms with Crippen LogP contribution in [0, 0.1) is 0 Å². The molecular weight excluding hydrogens is 284 g/mol. The van der Waals surface area contributed by atoms with E-state index in [1.807, 2.05) is 0 Å². The molecule has 0 spiro atoms. The van der Waals surface area contributed by atoms with Crippen LogP contribution >= 0.6 is 12.2 Å². The van der Waals surface area contributed by atoms with Gasteiger partial charge in [0.2, 0.25) is 5.91 Å². The number of ketones is 1. The van der Waals surface area contributed by atoms with Crippen LogP contribution < -0.4 is 10.6 Å². The van der Waals surface area contributed by atoms with Gasteiger partial charge < -0.3 is 10.6 Å². The zero-order valence-electron chi connectivity index (χ0n) is 12.6. The summed E-state index contributed by atoms with van der Waals surface area (Å²) in [5.41, 5.74) is 1.30. The highest BCUT2D eigenvalue weighted by Crippen LogP contribution is 2.11. The third-order valence-electron chi connectivity index (χ3n) is 3.04. The minimum Gasteiger partial charge on any atom is -0.332 e. The maximum Gasteiger partial charge on any atom is 0.226 e. The molecule has 0 atom stereocenters. The molecule has 0 radical (unpaired) electrons.